The van der Waals surface area contributed by atoms with Crippen molar-refractivity contribution in [1.29, 1.82) is 0 Å². The summed E-state index contributed by atoms with van der Waals surface area (Å²) in [5.41, 5.74) is 3.43. The minimum absolute atomic E-state index is 0.0744. The van der Waals surface area contributed by atoms with Gasteiger partial charge in [-0.2, -0.15) is 0 Å². The Kier molecular flexibility index (Phi) is 3.69. The van der Waals surface area contributed by atoms with Crippen LogP contribution in [0.4, 0.5) is 5.69 Å². The lowest BCUT2D eigenvalue weighted by Crippen LogP contribution is -2.11. The lowest BCUT2D eigenvalue weighted by atomic mass is 10.0. The summed E-state index contributed by atoms with van der Waals surface area (Å²) in [6.45, 7) is 6.03. The fraction of sp³-hybridized carbons (Fsp3) is 0.417. The van der Waals surface area contributed by atoms with Gasteiger partial charge in [-0.15, -0.1) is 0 Å². The lowest BCUT2D eigenvalue weighted by Gasteiger charge is -2.11. The van der Waals surface area contributed by atoms with E-state index in [1.807, 2.05) is 19.1 Å². The molecule has 0 saturated heterocycles. The van der Waals surface area contributed by atoms with Crippen molar-refractivity contribution >= 4 is 11.6 Å². The number of carbonyl (C=O) groups is 1. The quantitative estimate of drug-likeness (QED) is 0.782. The molecular weight excluding hydrogens is 174 g/mol. The molecule has 14 heavy (non-hydrogen) atoms. The van der Waals surface area contributed by atoms with Gasteiger partial charge < -0.3 is 5.32 Å². The van der Waals surface area contributed by atoms with Crippen molar-refractivity contribution in [2.45, 2.75) is 33.6 Å². The molecule has 0 unspecified atom stereocenters. The van der Waals surface area contributed by atoms with Crippen molar-refractivity contribution < 1.29 is 4.79 Å². The molecule has 0 heterocycles. The molecule has 2 nitrogen and oxygen atoms in total. The van der Waals surface area contributed by atoms with E-state index in [0.717, 1.165) is 12.1 Å². The number of rotatable bonds is 3. The molecule has 0 spiro atoms. The lowest BCUT2D eigenvalue weighted by molar-refractivity contribution is -0.115. The Bertz CT molecular complexity index is 331. The van der Waals surface area contributed by atoms with Crippen LogP contribution < -0.4 is 5.32 Å². The Labute approximate surface area is 85.3 Å². The third-order valence-corrected chi connectivity index (χ3v) is 2.36. The number of aryl methyl sites for hydroxylation is 1. The van der Waals surface area contributed by atoms with Crippen LogP contribution in [0.1, 0.15) is 31.4 Å². The molecule has 0 saturated carbocycles. The molecule has 0 aliphatic carbocycles. The minimum Gasteiger partial charge on any atom is -0.326 e. The number of amides is 1. The van der Waals surface area contributed by atoms with Gasteiger partial charge in [-0.25, -0.2) is 0 Å². The molecule has 0 radical (unpaired) electrons. The highest BCUT2D eigenvalue weighted by molar-refractivity contribution is 5.91. The average Bonchev–Trinajstić information content (AvgIpc) is 2.18. The van der Waals surface area contributed by atoms with Crippen LogP contribution in [0.25, 0.3) is 0 Å². The highest BCUT2D eigenvalue weighted by Crippen LogP contribution is 2.19. The van der Waals surface area contributed by atoms with Crippen molar-refractivity contribution in [2.24, 2.45) is 0 Å². The van der Waals surface area contributed by atoms with Gasteiger partial charge in [-0.05, 0) is 30.5 Å². The topological polar surface area (TPSA) is 29.1 Å². The second kappa shape index (κ2) is 4.80. The third-order valence-electron chi connectivity index (χ3n) is 2.36. The number of hydrogen-bond donors (Lipinski definition) is 1. The van der Waals surface area contributed by atoms with Crippen LogP contribution in [0.5, 0.6) is 0 Å². The van der Waals surface area contributed by atoms with E-state index in [1.165, 1.54) is 11.1 Å². The summed E-state index contributed by atoms with van der Waals surface area (Å²) in [6.07, 6.45) is 1.48. The predicted molar refractivity (Wildman–Crippen MR) is 59.5 cm³/mol. The van der Waals surface area contributed by atoms with Gasteiger partial charge in [-0.3, -0.25) is 4.79 Å². The van der Waals surface area contributed by atoms with Gasteiger partial charge in [0.15, 0.2) is 0 Å². The number of carbonyl (C=O) groups excluding carboxylic acids is 1. The minimum atomic E-state index is 0.0744. The summed E-state index contributed by atoms with van der Waals surface area (Å²) < 4.78 is 0. The maximum absolute atomic E-state index is 11.2. The first kappa shape index (κ1) is 10.8. The Hall–Kier alpha value is -1.31. The van der Waals surface area contributed by atoms with E-state index in [0.29, 0.717) is 6.42 Å². The van der Waals surface area contributed by atoms with Gasteiger partial charge >= 0.3 is 0 Å². The van der Waals surface area contributed by atoms with Gasteiger partial charge in [0.05, 0.1) is 0 Å². The van der Waals surface area contributed by atoms with E-state index in [-0.39, 0.29) is 5.91 Å². The van der Waals surface area contributed by atoms with E-state index in [9.17, 15) is 4.79 Å². The van der Waals surface area contributed by atoms with E-state index < -0.39 is 0 Å². The van der Waals surface area contributed by atoms with E-state index in [1.54, 1.807) is 0 Å². The molecular formula is C12H17NO. The third kappa shape index (κ3) is 2.34. The molecule has 76 valence electrons. The van der Waals surface area contributed by atoms with Crippen molar-refractivity contribution in [3.8, 4) is 0 Å². The molecule has 0 fully saturated rings. The Morgan fingerprint density at radius 2 is 2.07 bits per heavy atom. The van der Waals surface area contributed by atoms with E-state index >= 15 is 0 Å². The average molecular weight is 191 g/mol. The van der Waals surface area contributed by atoms with Gasteiger partial charge in [0.1, 0.15) is 0 Å². The molecule has 0 aliphatic heterocycles. The molecule has 1 amide bonds. The summed E-state index contributed by atoms with van der Waals surface area (Å²) in [5, 5.41) is 2.91. The predicted octanol–water partition coefficient (Wildman–Crippen LogP) is 2.91. The first-order valence-electron chi connectivity index (χ1n) is 5.07. The number of anilines is 1. The van der Waals surface area contributed by atoms with Crippen molar-refractivity contribution in [1.82, 2.24) is 0 Å². The molecule has 1 aromatic carbocycles. The van der Waals surface area contributed by atoms with Crippen LogP contribution in [0.2, 0.25) is 0 Å². The zero-order valence-corrected chi connectivity index (χ0v) is 9.05. The molecule has 2 heteroatoms. The van der Waals surface area contributed by atoms with Crippen molar-refractivity contribution in [3.63, 3.8) is 0 Å². The number of benzene rings is 1. The maximum atomic E-state index is 11.2. The first-order valence-corrected chi connectivity index (χ1v) is 5.07. The van der Waals surface area contributed by atoms with Gasteiger partial charge in [-0.1, -0.05) is 26.0 Å². The first-order chi connectivity index (χ1) is 6.69. The smallest absolute Gasteiger partial charge is 0.224 e. The molecule has 0 aromatic heterocycles. The fourth-order valence-electron chi connectivity index (χ4n) is 1.53. The van der Waals surface area contributed by atoms with E-state index in [2.05, 4.69) is 25.2 Å². The van der Waals surface area contributed by atoms with Gasteiger partial charge in [0.25, 0.3) is 0 Å². The second-order valence-corrected chi connectivity index (χ2v) is 3.36. The molecule has 0 aliphatic rings. The Morgan fingerprint density at radius 3 is 2.64 bits per heavy atom. The molecule has 0 atom stereocenters. The number of nitrogens with one attached hydrogen (secondary N) is 1. The highest BCUT2D eigenvalue weighted by Gasteiger charge is 2.05. The largest absolute Gasteiger partial charge is 0.326 e. The van der Waals surface area contributed by atoms with Crippen LogP contribution in [0.15, 0.2) is 18.2 Å². The maximum Gasteiger partial charge on any atom is 0.224 e. The van der Waals surface area contributed by atoms with Crippen molar-refractivity contribution in [2.75, 3.05) is 5.32 Å². The van der Waals surface area contributed by atoms with Gasteiger partial charge in [0, 0.05) is 12.1 Å². The zero-order valence-electron chi connectivity index (χ0n) is 9.05. The molecule has 1 rings (SSSR count). The zero-order chi connectivity index (χ0) is 10.6. The normalized spacial score (nSPS) is 9.93. The van der Waals surface area contributed by atoms with Crippen LogP contribution in [0.3, 0.4) is 0 Å². The van der Waals surface area contributed by atoms with Crippen LogP contribution in [-0.2, 0) is 11.2 Å². The summed E-state index contributed by atoms with van der Waals surface area (Å²) in [7, 11) is 0. The van der Waals surface area contributed by atoms with Crippen molar-refractivity contribution in [3.05, 3.63) is 29.3 Å². The standard InChI is InChI=1S/C12H17NO/c1-4-10-9(3)7-6-8-11(10)13-12(14)5-2/h6-8H,4-5H2,1-3H3,(H,13,14). The highest BCUT2D eigenvalue weighted by atomic mass is 16.1. The molecule has 1 aromatic rings. The van der Waals surface area contributed by atoms with Crippen LogP contribution >= 0.6 is 0 Å². The van der Waals surface area contributed by atoms with Crippen LogP contribution in [0, 0.1) is 6.92 Å². The summed E-state index contributed by atoms with van der Waals surface area (Å²) in [6, 6.07) is 6.00. The Morgan fingerprint density at radius 1 is 1.36 bits per heavy atom. The monoisotopic (exact) mass is 191 g/mol. The SMILES string of the molecule is CCC(=O)Nc1cccc(C)c1CC. The number of hydrogen-bond acceptors (Lipinski definition) is 1. The summed E-state index contributed by atoms with van der Waals surface area (Å²) >= 11 is 0. The fourth-order valence-corrected chi connectivity index (χ4v) is 1.53. The molecule has 1 N–H and O–H groups in total. The molecule has 0 bridgehead atoms. The summed E-state index contributed by atoms with van der Waals surface area (Å²) in [5.74, 6) is 0.0744. The summed E-state index contributed by atoms with van der Waals surface area (Å²) in [4.78, 5) is 11.2. The van der Waals surface area contributed by atoms with Crippen LogP contribution in [-0.4, -0.2) is 5.91 Å². The van der Waals surface area contributed by atoms with Gasteiger partial charge in [0.2, 0.25) is 5.91 Å². The Balaban J connectivity index is 2.96. The van der Waals surface area contributed by atoms with E-state index in [4.69, 9.17) is 0 Å². The second-order valence-electron chi connectivity index (χ2n) is 3.36.